The minimum absolute atomic E-state index is 0.0260. The number of amides is 8. The maximum Gasteiger partial charge on any atom is 0.328 e. The minimum atomic E-state index is -1.79. The van der Waals surface area contributed by atoms with Crippen molar-refractivity contribution in [2.24, 2.45) is 5.73 Å². The lowest BCUT2D eigenvalue weighted by atomic mass is 10.1. The van der Waals surface area contributed by atoms with Crippen molar-refractivity contribution in [2.75, 3.05) is 19.8 Å². The molecule has 0 heterocycles. The van der Waals surface area contributed by atoms with E-state index in [9.17, 15) is 112 Å². The van der Waals surface area contributed by atoms with Gasteiger partial charge in [-0.2, -0.15) is 0 Å². The first-order valence-corrected chi connectivity index (χ1v) is 27.7. The summed E-state index contributed by atoms with van der Waals surface area (Å²) in [4.78, 5) is 222. The number of nitrogens with one attached hydrogen (secondary N) is 8. The number of ketones is 1. The number of hydrogen-bond acceptors (Lipinski definition) is 22. The smallest absolute Gasteiger partial charge is 0.328 e. The first-order valence-electron chi connectivity index (χ1n) is 27.7. The van der Waals surface area contributed by atoms with Crippen LogP contribution in [0.5, 0.6) is 0 Å². The molecular weight excluding hydrogens is 1180 g/mol. The van der Waals surface area contributed by atoms with Gasteiger partial charge in [-0.15, -0.1) is 0 Å². The van der Waals surface area contributed by atoms with E-state index in [4.69, 9.17) is 25.1 Å². The molecule has 16 N–H and O–H groups in total. The fraction of sp³-hybridized carbons (Fsp3) is 0.654. The van der Waals surface area contributed by atoms with Gasteiger partial charge in [-0.1, -0.05) is 0 Å². The quantitative estimate of drug-likeness (QED) is 0.0204. The molecule has 0 aromatic rings. The lowest BCUT2D eigenvalue weighted by Gasteiger charge is -2.20. The van der Waals surface area contributed by atoms with Crippen molar-refractivity contribution in [3.8, 4) is 0 Å². The monoisotopic (exact) mass is 1260 g/mol. The first kappa shape index (κ1) is 78.6. The Bertz CT molecular complexity index is 2510. The van der Waals surface area contributed by atoms with E-state index >= 15 is 0 Å². The van der Waals surface area contributed by atoms with Crippen LogP contribution in [0.1, 0.15) is 143 Å². The average Bonchev–Trinajstić information content (AvgIpc) is 3.50. The van der Waals surface area contributed by atoms with Crippen LogP contribution >= 0.6 is 0 Å². The summed E-state index contributed by atoms with van der Waals surface area (Å²) in [7, 11) is 0. The molecule has 0 aromatic carbocycles. The number of esters is 3. The SMILES string of the molecule is CCOC(=O)C(CCC(C)=O)NC(=O)CCC(NC(=O)CCC(NC(=O)CCC(NC(=O)CCC(NC(=O)CCC(NC(=O)CCC(NC(=O)CCC(NC(=O)CCC(N)C(=O)O)C(=O)O)C(=O)OCC)C(=O)O)C(=O)O)C(=O)OCC)C(=O)O)C(=O)O. The molecule has 0 aromatic heterocycles. The molecular formula is C52H79N9O27. The molecule has 8 amide bonds. The number of hydrogen-bond donors (Lipinski definition) is 15. The van der Waals surface area contributed by atoms with Crippen LogP contribution in [0, 0.1) is 0 Å². The van der Waals surface area contributed by atoms with Crippen LogP contribution in [0.2, 0.25) is 0 Å². The molecule has 0 fully saturated rings. The number of carboxylic acids is 6. The van der Waals surface area contributed by atoms with Crippen molar-refractivity contribution in [1.29, 1.82) is 0 Å². The number of carboxylic acid groups (broad SMARTS) is 6. The summed E-state index contributed by atoms with van der Waals surface area (Å²) in [5, 5.41) is 74.8. The molecule has 36 heteroatoms. The molecule has 0 spiro atoms. The van der Waals surface area contributed by atoms with E-state index in [0.717, 1.165) is 0 Å². The molecule has 88 heavy (non-hydrogen) atoms. The molecule has 494 valence electrons. The van der Waals surface area contributed by atoms with Crippen LogP contribution < -0.4 is 48.3 Å². The fourth-order valence-electron chi connectivity index (χ4n) is 7.58. The fourth-order valence-corrected chi connectivity index (χ4v) is 7.58. The van der Waals surface area contributed by atoms with E-state index in [1.807, 2.05) is 0 Å². The second-order valence-corrected chi connectivity index (χ2v) is 19.4. The van der Waals surface area contributed by atoms with Crippen molar-refractivity contribution >= 4 is 107 Å². The molecule has 0 rings (SSSR count). The van der Waals surface area contributed by atoms with E-state index in [0.29, 0.717) is 0 Å². The van der Waals surface area contributed by atoms with Gasteiger partial charge < -0.3 is 97.9 Å². The van der Waals surface area contributed by atoms with Gasteiger partial charge in [0.15, 0.2) is 0 Å². The highest BCUT2D eigenvalue weighted by atomic mass is 16.5. The van der Waals surface area contributed by atoms with E-state index < -0.39 is 252 Å². The predicted octanol–water partition coefficient (Wildman–Crippen LogP) is -4.00. The molecule has 0 aliphatic heterocycles. The number of carbonyl (C=O) groups is 18. The molecule has 0 aliphatic carbocycles. The summed E-state index contributed by atoms with van der Waals surface area (Å²) in [6.07, 6.45) is -9.19. The Kier molecular flexibility index (Phi) is 37.9. The Balaban J connectivity index is 5.48. The van der Waals surface area contributed by atoms with Gasteiger partial charge in [-0.25, -0.2) is 38.4 Å². The zero-order valence-electron chi connectivity index (χ0n) is 48.9. The number of rotatable bonds is 47. The van der Waals surface area contributed by atoms with Gasteiger partial charge in [-0.3, -0.25) is 43.2 Å². The predicted molar refractivity (Wildman–Crippen MR) is 293 cm³/mol. The zero-order valence-corrected chi connectivity index (χ0v) is 48.9. The molecule has 9 atom stereocenters. The summed E-state index contributed by atoms with van der Waals surface area (Å²) in [6.45, 7) is 5.20. The molecule has 9 unspecified atom stereocenters. The molecule has 0 bridgehead atoms. The number of ether oxygens (including phenoxy) is 3. The van der Waals surface area contributed by atoms with E-state index in [1.54, 1.807) is 0 Å². The van der Waals surface area contributed by atoms with Crippen molar-refractivity contribution in [2.45, 2.75) is 198 Å². The molecule has 0 radical (unpaired) electrons. The lowest BCUT2D eigenvalue weighted by molar-refractivity contribution is -0.148. The number of aliphatic carboxylic acids is 6. The maximum absolute atomic E-state index is 13.0. The van der Waals surface area contributed by atoms with Crippen molar-refractivity contribution < 1.29 is 131 Å². The van der Waals surface area contributed by atoms with Crippen molar-refractivity contribution in [1.82, 2.24) is 42.5 Å². The van der Waals surface area contributed by atoms with Crippen LogP contribution in [0.4, 0.5) is 0 Å². The lowest BCUT2D eigenvalue weighted by Crippen LogP contribution is -2.46. The average molecular weight is 1260 g/mol. The van der Waals surface area contributed by atoms with Crippen LogP contribution in [-0.2, 0) is 101 Å². The van der Waals surface area contributed by atoms with Gasteiger partial charge in [-0.05, 0) is 85.5 Å². The van der Waals surface area contributed by atoms with Crippen LogP contribution in [0.25, 0.3) is 0 Å². The van der Waals surface area contributed by atoms with Crippen LogP contribution in [-0.4, -0.2) is 212 Å². The number of Topliss-reactive ketones (excluding diaryl/α,β-unsaturated/α-hetero) is 1. The topological polar surface area (TPSA) is 579 Å². The number of nitrogens with two attached hydrogens (primary N) is 1. The Morgan fingerprint density at radius 3 is 0.625 bits per heavy atom. The van der Waals surface area contributed by atoms with Gasteiger partial charge in [0.2, 0.25) is 47.3 Å². The summed E-state index contributed by atoms with van der Waals surface area (Å²) < 4.78 is 14.8. The van der Waals surface area contributed by atoms with E-state index in [1.165, 1.54) is 27.7 Å². The van der Waals surface area contributed by atoms with Gasteiger partial charge >= 0.3 is 53.7 Å². The second kappa shape index (κ2) is 42.4. The Hall–Kier alpha value is -9.38. The maximum atomic E-state index is 13.0. The van der Waals surface area contributed by atoms with E-state index in [-0.39, 0.29) is 44.9 Å². The normalized spacial score (nSPS) is 13.8. The van der Waals surface area contributed by atoms with E-state index in [2.05, 4.69) is 42.5 Å². The Labute approximate surface area is 502 Å². The molecule has 0 saturated carbocycles. The summed E-state index contributed by atoms with van der Waals surface area (Å²) in [5.74, 6) is -20.3. The van der Waals surface area contributed by atoms with Gasteiger partial charge in [0, 0.05) is 57.8 Å². The minimum Gasteiger partial charge on any atom is -0.480 e. The third-order valence-corrected chi connectivity index (χ3v) is 12.3. The first-order chi connectivity index (χ1) is 41.2. The summed E-state index contributed by atoms with van der Waals surface area (Å²) in [6, 6.07) is -14.3. The van der Waals surface area contributed by atoms with Crippen LogP contribution in [0.15, 0.2) is 0 Å². The summed E-state index contributed by atoms with van der Waals surface area (Å²) in [5.41, 5.74) is 5.34. The van der Waals surface area contributed by atoms with Crippen molar-refractivity contribution in [3.63, 3.8) is 0 Å². The Morgan fingerprint density at radius 2 is 0.455 bits per heavy atom. The van der Waals surface area contributed by atoms with Crippen LogP contribution in [0.3, 0.4) is 0 Å². The highest BCUT2D eigenvalue weighted by Gasteiger charge is 2.32. The molecule has 0 aliphatic rings. The molecule has 0 saturated heterocycles. The van der Waals surface area contributed by atoms with Gasteiger partial charge in [0.25, 0.3) is 0 Å². The zero-order chi connectivity index (χ0) is 67.2. The van der Waals surface area contributed by atoms with Gasteiger partial charge in [0.05, 0.1) is 19.8 Å². The number of carbonyl (C=O) groups excluding carboxylic acids is 12. The summed E-state index contributed by atoms with van der Waals surface area (Å²) >= 11 is 0. The third-order valence-electron chi connectivity index (χ3n) is 12.3. The highest BCUT2D eigenvalue weighted by Crippen LogP contribution is 2.11. The second-order valence-electron chi connectivity index (χ2n) is 19.4. The highest BCUT2D eigenvalue weighted by molar-refractivity contribution is 5.91. The standard InChI is InChI=1S/C52H79N9O27/c1-5-86-50(83)33(10-8-26(4)62)59-41(68)21-14-31(48(79)80)55-37(64)19-11-29(46(75)76)57-40(67)25-17-35(52(85)88-7-3)61-43(70)23-15-32(49(81)82)56-38(65)20-12-30(47(77)78)58-39(66)24-16-34(51(84)87-6-2)60-42(69)22-13-28(45(73)74)54-36(63)18-9-27(53)44(71)72/h27-35H,5-25,53H2,1-4H3,(H,54,63)(H,55,64)(H,56,65)(H,57,67)(H,58,66)(H,59,68)(H,60,69)(H,61,70)(H,71,72)(H,73,74)(H,75,76)(H,77,78)(H,79,80)(H,81,82). The largest absolute Gasteiger partial charge is 0.480 e. The molecule has 36 nitrogen and oxygen atoms in total. The third kappa shape index (κ3) is 34.5. The van der Waals surface area contributed by atoms with Gasteiger partial charge in [0.1, 0.15) is 60.2 Å². The van der Waals surface area contributed by atoms with Crippen molar-refractivity contribution in [3.05, 3.63) is 0 Å². The Morgan fingerprint density at radius 1 is 0.284 bits per heavy atom.